The van der Waals surface area contributed by atoms with Crippen molar-refractivity contribution in [2.45, 2.75) is 0 Å². The quantitative estimate of drug-likeness (QED) is 0.887. The summed E-state index contributed by atoms with van der Waals surface area (Å²) < 4.78 is 0. The highest BCUT2D eigenvalue weighted by atomic mass is 32.1. The summed E-state index contributed by atoms with van der Waals surface area (Å²) in [5.41, 5.74) is 0. The molecule has 1 amide bonds. The zero-order valence-corrected chi connectivity index (χ0v) is 11.7. The summed E-state index contributed by atoms with van der Waals surface area (Å²) in [6.07, 6.45) is 0. The largest absolute Gasteiger partial charge is 0.357 e. The highest BCUT2D eigenvalue weighted by Gasteiger charge is 2.24. The Labute approximate surface area is 115 Å². The SMILES string of the molecule is CNc1nc(N2CCN(C)C(=O)C2)c2ccsc2n1. The van der Waals surface area contributed by atoms with E-state index < -0.39 is 0 Å². The standard InChI is InChI=1S/C12H15N5OS/c1-13-12-14-10(8-3-6-19-11(8)15-12)17-5-4-16(2)9(18)7-17/h3,6H,4-5,7H2,1-2H3,(H,13,14,15). The molecule has 1 fully saturated rings. The topological polar surface area (TPSA) is 61.4 Å². The minimum atomic E-state index is 0.124. The Morgan fingerprint density at radius 1 is 1.37 bits per heavy atom. The van der Waals surface area contributed by atoms with Gasteiger partial charge < -0.3 is 15.1 Å². The van der Waals surface area contributed by atoms with Crippen molar-refractivity contribution in [3.63, 3.8) is 0 Å². The maximum atomic E-state index is 11.8. The average molecular weight is 277 g/mol. The van der Waals surface area contributed by atoms with Gasteiger partial charge in [-0.2, -0.15) is 4.98 Å². The molecule has 0 spiro atoms. The van der Waals surface area contributed by atoms with Gasteiger partial charge in [-0.3, -0.25) is 4.79 Å². The minimum Gasteiger partial charge on any atom is -0.357 e. The number of nitrogens with zero attached hydrogens (tertiary/aromatic N) is 4. The van der Waals surface area contributed by atoms with Crippen LogP contribution in [-0.4, -0.2) is 54.5 Å². The second-order valence-corrected chi connectivity index (χ2v) is 5.39. The Morgan fingerprint density at radius 3 is 2.95 bits per heavy atom. The molecule has 3 heterocycles. The molecular weight excluding hydrogens is 262 g/mol. The molecule has 3 rings (SSSR count). The van der Waals surface area contributed by atoms with E-state index in [1.807, 2.05) is 23.4 Å². The van der Waals surface area contributed by atoms with E-state index in [0.717, 1.165) is 29.1 Å². The van der Waals surface area contributed by atoms with E-state index in [0.29, 0.717) is 12.5 Å². The van der Waals surface area contributed by atoms with Crippen molar-refractivity contribution < 1.29 is 4.79 Å². The molecule has 0 atom stereocenters. The van der Waals surface area contributed by atoms with Gasteiger partial charge in [-0.05, 0) is 11.4 Å². The average Bonchev–Trinajstić information content (AvgIpc) is 2.89. The van der Waals surface area contributed by atoms with Crippen LogP contribution in [0.2, 0.25) is 0 Å². The van der Waals surface area contributed by atoms with E-state index in [-0.39, 0.29) is 5.91 Å². The molecule has 19 heavy (non-hydrogen) atoms. The number of likely N-dealkylation sites (N-methyl/N-ethyl adjacent to an activating group) is 1. The Bertz CT molecular complexity index is 626. The van der Waals surface area contributed by atoms with Crippen molar-refractivity contribution in [2.75, 3.05) is 43.9 Å². The molecule has 2 aromatic heterocycles. The maximum Gasteiger partial charge on any atom is 0.241 e. The molecule has 1 saturated heterocycles. The van der Waals surface area contributed by atoms with Gasteiger partial charge >= 0.3 is 0 Å². The maximum absolute atomic E-state index is 11.8. The van der Waals surface area contributed by atoms with Crippen LogP contribution in [0.4, 0.5) is 11.8 Å². The fourth-order valence-electron chi connectivity index (χ4n) is 2.13. The fraction of sp³-hybridized carbons (Fsp3) is 0.417. The molecule has 1 aliphatic rings. The van der Waals surface area contributed by atoms with Crippen LogP contribution in [0.15, 0.2) is 11.4 Å². The zero-order chi connectivity index (χ0) is 13.4. The van der Waals surface area contributed by atoms with Gasteiger partial charge in [0.25, 0.3) is 0 Å². The Morgan fingerprint density at radius 2 is 2.21 bits per heavy atom. The number of carbonyl (C=O) groups excluding carboxylic acids is 1. The second kappa shape index (κ2) is 4.65. The summed E-state index contributed by atoms with van der Waals surface area (Å²) in [4.78, 5) is 25.5. The number of hydrogen-bond donors (Lipinski definition) is 1. The molecule has 0 aliphatic carbocycles. The monoisotopic (exact) mass is 277 g/mol. The number of fused-ring (bicyclic) bond motifs is 1. The van der Waals surface area contributed by atoms with Gasteiger partial charge in [-0.1, -0.05) is 0 Å². The first-order chi connectivity index (χ1) is 9.19. The summed E-state index contributed by atoms with van der Waals surface area (Å²) in [7, 11) is 3.63. The van der Waals surface area contributed by atoms with Crippen LogP contribution in [0.3, 0.4) is 0 Å². The van der Waals surface area contributed by atoms with E-state index in [2.05, 4.69) is 15.3 Å². The van der Waals surface area contributed by atoms with Gasteiger partial charge in [-0.25, -0.2) is 4.98 Å². The summed E-state index contributed by atoms with van der Waals surface area (Å²) >= 11 is 1.58. The van der Waals surface area contributed by atoms with Gasteiger partial charge in [0.05, 0.1) is 11.9 Å². The zero-order valence-electron chi connectivity index (χ0n) is 10.9. The lowest BCUT2D eigenvalue weighted by atomic mass is 10.3. The molecule has 0 unspecified atom stereocenters. The van der Waals surface area contributed by atoms with Crippen LogP contribution in [-0.2, 0) is 4.79 Å². The lowest BCUT2D eigenvalue weighted by Crippen LogP contribution is -2.48. The number of hydrogen-bond acceptors (Lipinski definition) is 6. The highest BCUT2D eigenvalue weighted by Crippen LogP contribution is 2.29. The number of amides is 1. The number of anilines is 2. The third-order valence-electron chi connectivity index (χ3n) is 3.29. The molecule has 1 aliphatic heterocycles. The van der Waals surface area contributed by atoms with Crippen LogP contribution in [0.1, 0.15) is 0 Å². The van der Waals surface area contributed by atoms with Crippen molar-refractivity contribution in [1.29, 1.82) is 0 Å². The predicted octanol–water partition coefficient (Wildman–Crippen LogP) is 1.01. The molecule has 0 saturated carbocycles. The van der Waals surface area contributed by atoms with Gasteiger partial charge in [0.15, 0.2) is 0 Å². The van der Waals surface area contributed by atoms with Crippen molar-refractivity contribution in [1.82, 2.24) is 14.9 Å². The predicted molar refractivity (Wildman–Crippen MR) is 76.8 cm³/mol. The number of aromatic nitrogens is 2. The Balaban J connectivity index is 2.03. The minimum absolute atomic E-state index is 0.124. The van der Waals surface area contributed by atoms with Crippen LogP contribution < -0.4 is 10.2 Å². The fourth-order valence-corrected chi connectivity index (χ4v) is 2.89. The normalized spacial score (nSPS) is 16.2. The molecule has 100 valence electrons. The van der Waals surface area contributed by atoms with Gasteiger partial charge in [0, 0.05) is 27.2 Å². The second-order valence-electron chi connectivity index (χ2n) is 4.50. The molecule has 6 nitrogen and oxygen atoms in total. The third kappa shape index (κ3) is 2.10. The van der Waals surface area contributed by atoms with Crippen molar-refractivity contribution >= 4 is 39.2 Å². The summed E-state index contributed by atoms with van der Waals surface area (Å²) in [6, 6.07) is 2.01. The van der Waals surface area contributed by atoms with E-state index in [4.69, 9.17) is 0 Å². The first-order valence-electron chi connectivity index (χ1n) is 6.11. The molecule has 0 radical (unpaired) electrons. The first-order valence-corrected chi connectivity index (χ1v) is 6.99. The van der Waals surface area contributed by atoms with Crippen LogP contribution in [0.5, 0.6) is 0 Å². The molecule has 1 N–H and O–H groups in total. The first kappa shape index (κ1) is 12.2. The molecule has 2 aromatic rings. The smallest absolute Gasteiger partial charge is 0.241 e. The number of nitrogens with one attached hydrogen (secondary N) is 1. The number of thiophene rings is 1. The number of rotatable bonds is 2. The van der Waals surface area contributed by atoms with E-state index >= 15 is 0 Å². The summed E-state index contributed by atoms with van der Waals surface area (Å²) in [6.45, 7) is 1.90. The summed E-state index contributed by atoms with van der Waals surface area (Å²) in [5, 5.41) is 5.99. The molecule has 0 aromatic carbocycles. The van der Waals surface area contributed by atoms with Crippen molar-refractivity contribution in [3.8, 4) is 0 Å². The van der Waals surface area contributed by atoms with E-state index in [1.165, 1.54) is 0 Å². The third-order valence-corrected chi connectivity index (χ3v) is 4.09. The summed E-state index contributed by atoms with van der Waals surface area (Å²) in [5.74, 6) is 1.56. The van der Waals surface area contributed by atoms with Crippen LogP contribution >= 0.6 is 11.3 Å². The van der Waals surface area contributed by atoms with E-state index in [9.17, 15) is 4.79 Å². The Kier molecular flexibility index (Phi) is 2.98. The van der Waals surface area contributed by atoms with Crippen LogP contribution in [0.25, 0.3) is 10.2 Å². The Hall–Kier alpha value is -1.89. The highest BCUT2D eigenvalue weighted by molar-refractivity contribution is 7.16. The van der Waals surface area contributed by atoms with Crippen molar-refractivity contribution in [2.24, 2.45) is 0 Å². The van der Waals surface area contributed by atoms with Crippen molar-refractivity contribution in [3.05, 3.63) is 11.4 Å². The molecule has 0 bridgehead atoms. The number of piperazine rings is 1. The van der Waals surface area contributed by atoms with Crippen LogP contribution in [0, 0.1) is 0 Å². The number of carbonyl (C=O) groups is 1. The lowest BCUT2D eigenvalue weighted by molar-refractivity contribution is -0.129. The van der Waals surface area contributed by atoms with Gasteiger partial charge in [-0.15, -0.1) is 11.3 Å². The molecular formula is C12H15N5OS. The lowest BCUT2D eigenvalue weighted by Gasteiger charge is -2.33. The van der Waals surface area contributed by atoms with Gasteiger partial charge in [0.2, 0.25) is 11.9 Å². The van der Waals surface area contributed by atoms with E-state index in [1.54, 1.807) is 23.3 Å². The van der Waals surface area contributed by atoms with Gasteiger partial charge in [0.1, 0.15) is 10.6 Å². The molecule has 7 heteroatoms.